The first-order valence-corrected chi connectivity index (χ1v) is 6.59. The Morgan fingerprint density at radius 3 is 2.83 bits per heavy atom. The van der Waals surface area contributed by atoms with Gasteiger partial charge in [0, 0.05) is 30.8 Å². The topological polar surface area (TPSA) is 37.4 Å². The van der Waals surface area contributed by atoms with Gasteiger partial charge >= 0.3 is 0 Å². The van der Waals surface area contributed by atoms with Gasteiger partial charge in [0.1, 0.15) is 5.82 Å². The van der Waals surface area contributed by atoms with Crippen LogP contribution in [0.25, 0.3) is 0 Å². The molecule has 18 heavy (non-hydrogen) atoms. The van der Waals surface area contributed by atoms with E-state index in [1.54, 1.807) is 17.9 Å². The molecule has 0 N–H and O–H groups in total. The van der Waals surface area contributed by atoms with E-state index in [2.05, 4.69) is 0 Å². The second-order valence-electron chi connectivity index (χ2n) is 4.37. The predicted octanol–water partition coefficient (Wildman–Crippen LogP) is 2.52. The smallest absolute Gasteiger partial charge is 0.228 e. The summed E-state index contributed by atoms with van der Waals surface area (Å²) < 4.78 is 13.0. The highest BCUT2D eigenvalue weighted by molar-refractivity contribution is 8.14. The Labute approximate surface area is 109 Å². The molecule has 0 spiro atoms. The van der Waals surface area contributed by atoms with Gasteiger partial charge < -0.3 is 4.90 Å². The number of thioether (sulfide) groups is 1. The molecule has 96 valence electrons. The van der Waals surface area contributed by atoms with Crippen LogP contribution in [0.15, 0.2) is 18.2 Å². The molecule has 0 radical (unpaired) electrons. The molecule has 0 bridgehead atoms. The Balaban J connectivity index is 2.19. The summed E-state index contributed by atoms with van der Waals surface area (Å²) in [6.07, 6.45) is 0.362. The van der Waals surface area contributed by atoms with E-state index in [0.29, 0.717) is 13.0 Å². The van der Waals surface area contributed by atoms with Crippen LogP contribution in [0, 0.1) is 12.7 Å². The molecular formula is C13H14FNO2S. The SMILES string of the molecule is CC(=O)SC1CC(=O)N(c2ccc(F)cc2C)C1. The number of benzene rings is 1. The van der Waals surface area contributed by atoms with E-state index in [1.165, 1.54) is 30.8 Å². The number of nitrogens with zero attached hydrogens (tertiary/aromatic N) is 1. The summed E-state index contributed by atoms with van der Waals surface area (Å²) in [6, 6.07) is 4.37. The lowest BCUT2D eigenvalue weighted by molar-refractivity contribution is -0.117. The number of carbonyl (C=O) groups is 2. The van der Waals surface area contributed by atoms with Gasteiger partial charge in [0.25, 0.3) is 0 Å². The zero-order chi connectivity index (χ0) is 13.3. The normalized spacial score (nSPS) is 19.4. The number of carbonyl (C=O) groups excluding carboxylic acids is 2. The Bertz CT molecular complexity index is 504. The van der Waals surface area contributed by atoms with Crippen LogP contribution in [0.4, 0.5) is 10.1 Å². The molecule has 5 heteroatoms. The van der Waals surface area contributed by atoms with Crippen molar-refractivity contribution in [1.29, 1.82) is 0 Å². The van der Waals surface area contributed by atoms with E-state index in [0.717, 1.165) is 11.3 Å². The number of amides is 1. The molecule has 1 saturated heterocycles. The Morgan fingerprint density at radius 1 is 1.50 bits per heavy atom. The third kappa shape index (κ3) is 2.72. The first-order chi connectivity index (χ1) is 8.47. The van der Waals surface area contributed by atoms with Crippen molar-refractivity contribution < 1.29 is 14.0 Å². The Hall–Kier alpha value is -1.36. The second kappa shape index (κ2) is 5.10. The summed E-state index contributed by atoms with van der Waals surface area (Å²) in [6.45, 7) is 3.79. The fraction of sp³-hybridized carbons (Fsp3) is 0.385. The maximum atomic E-state index is 13.0. The largest absolute Gasteiger partial charge is 0.311 e. The number of hydrogen-bond acceptors (Lipinski definition) is 3. The summed E-state index contributed by atoms with van der Waals surface area (Å²) in [7, 11) is 0. The molecule has 3 nitrogen and oxygen atoms in total. The summed E-state index contributed by atoms with van der Waals surface area (Å²) >= 11 is 1.20. The molecule has 1 unspecified atom stereocenters. The van der Waals surface area contributed by atoms with Crippen LogP contribution >= 0.6 is 11.8 Å². The Morgan fingerprint density at radius 2 is 2.22 bits per heavy atom. The van der Waals surface area contributed by atoms with E-state index < -0.39 is 0 Å². The number of anilines is 1. The van der Waals surface area contributed by atoms with Crippen LogP contribution in [0.1, 0.15) is 18.9 Å². The fourth-order valence-electron chi connectivity index (χ4n) is 2.14. The van der Waals surface area contributed by atoms with Gasteiger partial charge in [-0.2, -0.15) is 0 Å². The van der Waals surface area contributed by atoms with Crippen LogP contribution in [0.3, 0.4) is 0 Å². The minimum Gasteiger partial charge on any atom is -0.311 e. The van der Waals surface area contributed by atoms with Crippen molar-refractivity contribution >= 4 is 28.5 Å². The zero-order valence-electron chi connectivity index (χ0n) is 10.3. The molecule has 0 saturated carbocycles. The van der Waals surface area contributed by atoms with Gasteiger partial charge in [0.15, 0.2) is 5.12 Å². The molecule has 1 aromatic rings. The van der Waals surface area contributed by atoms with Gasteiger partial charge in [-0.3, -0.25) is 9.59 Å². The quantitative estimate of drug-likeness (QED) is 0.826. The van der Waals surface area contributed by atoms with Crippen LogP contribution in [-0.4, -0.2) is 22.8 Å². The van der Waals surface area contributed by atoms with Gasteiger partial charge in [-0.15, -0.1) is 0 Å². The van der Waals surface area contributed by atoms with E-state index in [-0.39, 0.29) is 22.1 Å². The summed E-state index contributed by atoms with van der Waals surface area (Å²) in [5, 5.41) is 0.0185. The molecule has 0 aliphatic carbocycles. The highest BCUT2D eigenvalue weighted by atomic mass is 32.2. The molecule has 1 aromatic carbocycles. The number of rotatable bonds is 2. The highest BCUT2D eigenvalue weighted by Gasteiger charge is 2.32. The van der Waals surface area contributed by atoms with Crippen molar-refractivity contribution in [3.8, 4) is 0 Å². The molecule has 2 rings (SSSR count). The molecular weight excluding hydrogens is 253 g/mol. The predicted molar refractivity (Wildman–Crippen MR) is 70.2 cm³/mol. The van der Waals surface area contributed by atoms with Gasteiger partial charge in [0.05, 0.1) is 0 Å². The number of halogens is 1. The van der Waals surface area contributed by atoms with Crippen molar-refractivity contribution in [3.63, 3.8) is 0 Å². The molecule has 1 fully saturated rings. The van der Waals surface area contributed by atoms with Gasteiger partial charge in [-0.25, -0.2) is 4.39 Å². The average Bonchev–Trinajstić information content (AvgIpc) is 2.58. The molecule has 1 amide bonds. The van der Waals surface area contributed by atoms with Gasteiger partial charge in [-0.05, 0) is 30.7 Å². The summed E-state index contributed by atoms with van der Waals surface area (Å²) in [5.41, 5.74) is 1.46. The lowest BCUT2D eigenvalue weighted by atomic mass is 10.2. The van der Waals surface area contributed by atoms with Gasteiger partial charge in [0.2, 0.25) is 5.91 Å². The lowest BCUT2D eigenvalue weighted by Crippen LogP contribution is -2.25. The minimum absolute atomic E-state index is 0.000506. The monoisotopic (exact) mass is 267 g/mol. The van der Waals surface area contributed by atoms with Gasteiger partial charge in [-0.1, -0.05) is 11.8 Å². The van der Waals surface area contributed by atoms with Crippen molar-refractivity contribution in [1.82, 2.24) is 0 Å². The minimum atomic E-state index is -0.308. The first kappa shape index (κ1) is 13.1. The van der Waals surface area contributed by atoms with Crippen molar-refractivity contribution in [2.24, 2.45) is 0 Å². The lowest BCUT2D eigenvalue weighted by Gasteiger charge is -2.18. The zero-order valence-corrected chi connectivity index (χ0v) is 11.1. The van der Waals surface area contributed by atoms with Crippen LogP contribution in [-0.2, 0) is 9.59 Å². The maximum Gasteiger partial charge on any atom is 0.228 e. The second-order valence-corrected chi connectivity index (χ2v) is 5.85. The van der Waals surface area contributed by atoms with Crippen molar-refractivity contribution in [2.45, 2.75) is 25.5 Å². The third-order valence-electron chi connectivity index (χ3n) is 2.87. The van der Waals surface area contributed by atoms with Crippen molar-refractivity contribution in [2.75, 3.05) is 11.4 Å². The standard InChI is InChI=1S/C13H14FNO2S/c1-8-5-10(14)3-4-12(8)15-7-11(6-13(15)17)18-9(2)16/h3-5,11H,6-7H2,1-2H3. The Kier molecular flexibility index (Phi) is 3.71. The molecule has 1 aliphatic heterocycles. The first-order valence-electron chi connectivity index (χ1n) is 5.71. The average molecular weight is 267 g/mol. The van der Waals surface area contributed by atoms with Crippen LogP contribution < -0.4 is 4.90 Å². The molecule has 1 heterocycles. The molecule has 0 aromatic heterocycles. The third-order valence-corrected chi connectivity index (χ3v) is 3.85. The number of aryl methyl sites for hydroxylation is 1. The summed E-state index contributed by atoms with van der Waals surface area (Å²) in [5.74, 6) is -0.319. The highest BCUT2D eigenvalue weighted by Crippen LogP contribution is 2.30. The number of hydrogen-bond donors (Lipinski definition) is 0. The van der Waals surface area contributed by atoms with Crippen LogP contribution in [0.2, 0.25) is 0 Å². The van der Waals surface area contributed by atoms with E-state index >= 15 is 0 Å². The van der Waals surface area contributed by atoms with Crippen LogP contribution in [0.5, 0.6) is 0 Å². The maximum absolute atomic E-state index is 13.0. The van der Waals surface area contributed by atoms with E-state index in [1.807, 2.05) is 0 Å². The van der Waals surface area contributed by atoms with E-state index in [9.17, 15) is 14.0 Å². The van der Waals surface area contributed by atoms with Crippen molar-refractivity contribution in [3.05, 3.63) is 29.6 Å². The molecule has 1 aliphatic rings. The molecule has 1 atom stereocenters. The fourth-order valence-corrected chi connectivity index (χ4v) is 3.06. The summed E-state index contributed by atoms with van der Waals surface area (Å²) in [4.78, 5) is 24.6. The van der Waals surface area contributed by atoms with E-state index in [4.69, 9.17) is 0 Å².